The van der Waals surface area contributed by atoms with Crippen LogP contribution < -0.4 is 5.32 Å². The van der Waals surface area contributed by atoms with Crippen LogP contribution in [0.4, 0.5) is 5.69 Å². The largest absolute Gasteiger partial charge is 0.329 e. The summed E-state index contributed by atoms with van der Waals surface area (Å²) >= 11 is 0. The summed E-state index contributed by atoms with van der Waals surface area (Å²) in [6.45, 7) is 3.67. The van der Waals surface area contributed by atoms with Gasteiger partial charge in [-0.2, -0.15) is 0 Å². The average molecular weight is 363 g/mol. The number of carbonyl (C=O) groups is 1. The first-order chi connectivity index (χ1) is 11.6. The predicted octanol–water partition coefficient (Wildman–Crippen LogP) is 2.51. The van der Waals surface area contributed by atoms with Crippen molar-refractivity contribution in [3.05, 3.63) is 69.5 Å². The Bertz CT molecular complexity index is 770. The number of aryl methyl sites for hydroxylation is 1. The normalized spacial score (nSPS) is 16.8. The highest BCUT2D eigenvalue weighted by molar-refractivity contribution is 5.96. The topological polar surface area (TPSA) is 88.4 Å². The van der Waals surface area contributed by atoms with Gasteiger partial charge in [0.15, 0.2) is 0 Å². The summed E-state index contributed by atoms with van der Waals surface area (Å²) in [5, 5.41) is 14.2. The second-order valence-electron chi connectivity index (χ2n) is 5.76. The third-order valence-electron chi connectivity index (χ3n) is 4.22. The Morgan fingerprint density at radius 1 is 1.40 bits per heavy atom. The number of aromatic nitrogens is 1. The number of pyridine rings is 1. The maximum absolute atomic E-state index is 13.0. The molecular formula is C17H19ClN4O3. The fourth-order valence-corrected chi connectivity index (χ4v) is 2.97. The lowest BCUT2D eigenvalue weighted by atomic mass is 10.0. The van der Waals surface area contributed by atoms with Gasteiger partial charge in [-0.3, -0.25) is 19.9 Å². The third-order valence-corrected chi connectivity index (χ3v) is 4.22. The van der Waals surface area contributed by atoms with Crippen LogP contribution in [0.1, 0.15) is 27.5 Å². The van der Waals surface area contributed by atoms with Crippen molar-refractivity contribution in [3.63, 3.8) is 0 Å². The van der Waals surface area contributed by atoms with E-state index in [0.29, 0.717) is 30.8 Å². The van der Waals surface area contributed by atoms with Gasteiger partial charge in [-0.25, -0.2) is 0 Å². The van der Waals surface area contributed by atoms with Crippen molar-refractivity contribution in [3.8, 4) is 0 Å². The number of non-ortho nitro benzene ring substituents is 1. The molecule has 0 saturated carbocycles. The van der Waals surface area contributed by atoms with Crippen LogP contribution in [0.3, 0.4) is 0 Å². The zero-order valence-corrected chi connectivity index (χ0v) is 14.5. The first-order valence-corrected chi connectivity index (χ1v) is 7.74. The summed E-state index contributed by atoms with van der Waals surface area (Å²) in [7, 11) is 0. The lowest BCUT2D eigenvalue weighted by Crippen LogP contribution is -2.48. The number of hydrogen-bond acceptors (Lipinski definition) is 5. The van der Waals surface area contributed by atoms with Crippen LogP contribution in [0, 0.1) is 17.0 Å². The van der Waals surface area contributed by atoms with Gasteiger partial charge in [0.2, 0.25) is 0 Å². The highest BCUT2D eigenvalue weighted by atomic mass is 35.5. The number of rotatable bonds is 3. The molecule has 2 aromatic rings. The second-order valence-corrected chi connectivity index (χ2v) is 5.76. The second kappa shape index (κ2) is 8.04. The van der Waals surface area contributed by atoms with E-state index in [4.69, 9.17) is 0 Å². The van der Waals surface area contributed by atoms with Crippen LogP contribution >= 0.6 is 12.4 Å². The van der Waals surface area contributed by atoms with Crippen LogP contribution in [0.15, 0.2) is 42.7 Å². The molecular weight excluding hydrogens is 344 g/mol. The van der Waals surface area contributed by atoms with Crippen molar-refractivity contribution < 1.29 is 9.72 Å². The van der Waals surface area contributed by atoms with Gasteiger partial charge in [0.05, 0.1) is 11.0 Å². The predicted molar refractivity (Wildman–Crippen MR) is 96.0 cm³/mol. The molecule has 25 heavy (non-hydrogen) atoms. The number of halogens is 1. The van der Waals surface area contributed by atoms with Crippen LogP contribution in [0.25, 0.3) is 0 Å². The third kappa shape index (κ3) is 3.94. The van der Waals surface area contributed by atoms with Gasteiger partial charge in [0.1, 0.15) is 0 Å². The van der Waals surface area contributed by atoms with E-state index >= 15 is 0 Å². The van der Waals surface area contributed by atoms with Gasteiger partial charge >= 0.3 is 0 Å². The molecule has 1 unspecified atom stereocenters. The Labute approximate surface area is 151 Å². The molecule has 0 radical (unpaired) electrons. The Kier molecular flexibility index (Phi) is 6.06. The van der Waals surface area contributed by atoms with E-state index in [1.54, 1.807) is 19.3 Å². The highest BCUT2D eigenvalue weighted by Crippen LogP contribution is 2.26. The Hall–Kier alpha value is -2.51. The van der Waals surface area contributed by atoms with Crippen molar-refractivity contribution in [1.82, 2.24) is 15.2 Å². The highest BCUT2D eigenvalue weighted by Gasteiger charge is 2.29. The smallest absolute Gasteiger partial charge is 0.269 e. The first-order valence-electron chi connectivity index (χ1n) is 7.74. The van der Waals surface area contributed by atoms with Crippen LogP contribution in [-0.4, -0.2) is 40.3 Å². The molecule has 7 nitrogen and oxygen atoms in total. The van der Waals surface area contributed by atoms with E-state index in [-0.39, 0.29) is 30.0 Å². The maximum atomic E-state index is 13.0. The molecule has 0 bridgehead atoms. The number of benzene rings is 1. The van der Waals surface area contributed by atoms with Crippen LogP contribution in [-0.2, 0) is 0 Å². The molecule has 1 N–H and O–H groups in total. The van der Waals surface area contributed by atoms with Crippen LogP contribution in [0.5, 0.6) is 0 Å². The van der Waals surface area contributed by atoms with Gasteiger partial charge in [0, 0.05) is 49.7 Å². The van der Waals surface area contributed by atoms with Crippen molar-refractivity contribution >= 4 is 24.0 Å². The molecule has 0 aliphatic carbocycles. The molecule has 132 valence electrons. The molecule has 1 aliphatic rings. The lowest BCUT2D eigenvalue weighted by Gasteiger charge is -2.36. The molecule has 1 saturated heterocycles. The molecule has 1 atom stereocenters. The fourth-order valence-electron chi connectivity index (χ4n) is 2.97. The number of nitro benzene ring substituents is 1. The molecule has 0 spiro atoms. The van der Waals surface area contributed by atoms with E-state index in [0.717, 1.165) is 5.56 Å². The van der Waals surface area contributed by atoms with E-state index < -0.39 is 4.92 Å². The maximum Gasteiger partial charge on any atom is 0.269 e. The molecule has 1 aliphatic heterocycles. The van der Waals surface area contributed by atoms with Gasteiger partial charge in [-0.1, -0.05) is 6.07 Å². The Balaban J connectivity index is 0.00000225. The van der Waals surface area contributed by atoms with Gasteiger partial charge in [-0.15, -0.1) is 12.4 Å². The monoisotopic (exact) mass is 362 g/mol. The lowest BCUT2D eigenvalue weighted by molar-refractivity contribution is -0.384. The number of hydrogen-bond donors (Lipinski definition) is 1. The number of piperazine rings is 1. The van der Waals surface area contributed by atoms with Crippen molar-refractivity contribution in [1.29, 1.82) is 0 Å². The first kappa shape index (κ1) is 18.8. The number of amides is 1. The summed E-state index contributed by atoms with van der Waals surface area (Å²) in [5.74, 6) is -0.113. The van der Waals surface area contributed by atoms with E-state index in [1.165, 1.54) is 18.2 Å². The molecule has 1 aromatic carbocycles. The van der Waals surface area contributed by atoms with Crippen molar-refractivity contribution in [2.24, 2.45) is 0 Å². The SMILES string of the molecule is Cc1cc([N+](=O)[O-])ccc1C(=O)N1CCNCC1c1cccnc1.Cl. The van der Waals surface area contributed by atoms with E-state index in [2.05, 4.69) is 10.3 Å². The van der Waals surface area contributed by atoms with Crippen LogP contribution in [0.2, 0.25) is 0 Å². The number of carbonyl (C=O) groups excluding carboxylic acids is 1. The number of nitrogens with one attached hydrogen (secondary N) is 1. The van der Waals surface area contributed by atoms with E-state index in [9.17, 15) is 14.9 Å². The van der Waals surface area contributed by atoms with E-state index in [1.807, 2.05) is 17.0 Å². The zero-order chi connectivity index (χ0) is 17.1. The van der Waals surface area contributed by atoms with Crippen molar-refractivity contribution in [2.75, 3.05) is 19.6 Å². The standard InChI is InChI=1S/C17H18N4O3.ClH/c1-12-9-14(21(23)24)4-5-15(12)17(22)20-8-7-19-11-16(20)13-3-2-6-18-10-13;/h2-6,9-10,16,19H,7-8,11H2,1H3;1H. The summed E-state index contributed by atoms with van der Waals surface area (Å²) in [6.07, 6.45) is 3.47. The average Bonchev–Trinajstić information content (AvgIpc) is 2.61. The van der Waals surface area contributed by atoms with Gasteiger partial charge < -0.3 is 10.2 Å². The van der Waals surface area contributed by atoms with Gasteiger partial charge in [0.25, 0.3) is 11.6 Å². The minimum Gasteiger partial charge on any atom is -0.329 e. The summed E-state index contributed by atoms with van der Waals surface area (Å²) in [6, 6.07) is 8.06. The molecule has 1 amide bonds. The minimum absolute atomic E-state index is 0. The molecule has 8 heteroatoms. The molecule has 1 aromatic heterocycles. The Morgan fingerprint density at radius 3 is 2.84 bits per heavy atom. The minimum atomic E-state index is -0.454. The van der Waals surface area contributed by atoms with Gasteiger partial charge in [-0.05, 0) is 30.2 Å². The quantitative estimate of drug-likeness (QED) is 0.669. The molecule has 1 fully saturated rings. The zero-order valence-electron chi connectivity index (χ0n) is 13.7. The number of nitrogens with zero attached hydrogens (tertiary/aromatic N) is 3. The summed E-state index contributed by atoms with van der Waals surface area (Å²) in [4.78, 5) is 29.3. The molecule has 3 rings (SSSR count). The number of nitro groups is 1. The fraction of sp³-hybridized carbons (Fsp3) is 0.294. The molecule has 2 heterocycles. The summed E-state index contributed by atoms with van der Waals surface area (Å²) < 4.78 is 0. The van der Waals surface area contributed by atoms with Crippen molar-refractivity contribution in [2.45, 2.75) is 13.0 Å². The Morgan fingerprint density at radius 2 is 2.20 bits per heavy atom. The summed E-state index contributed by atoms with van der Waals surface area (Å²) in [5.41, 5.74) is 2.07.